The topological polar surface area (TPSA) is 130 Å². The quantitative estimate of drug-likeness (QED) is 0.241. The second-order valence-corrected chi connectivity index (χ2v) is 10.5. The SMILES string of the molecule is COc1cc(C(=O)NCC(O)(c2cc(C(C)(C)NC(C)=O)cc(-c3ccc(F)cc3)n2)C(F)(F)F)ccc1OC[C@@H](C)O. The van der Waals surface area contributed by atoms with E-state index >= 15 is 0 Å². The number of ether oxygens (including phenoxy) is 2. The zero-order valence-electron chi connectivity index (χ0n) is 24.2. The first-order chi connectivity index (χ1) is 20.0. The molecule has 1 unspecified atom stereocenters. The van der Waals surface area contributed by atoms with Crippen LogP contribution in [0.2, 0.25) is 0 Å². The lowest BCUT2D eigenvalue weighted by atomic mass is 9.88. The summed E-state index contributed by atoms with van der Waals surface area (Å²) in [5.74, 6) is -1.70. The van der Waals surface area contributed by atoms with Crippen LogP contribution in [0.3, 0.4) is 0 Å². The van der Waals surface area contributed by atoms with Gasteiger partial charge < -0.3 is 30.3 Å². The highest BCUT2D eigenvalue weighted by Crippen LogP contribution is 2.40. The van der Waals surface area contributed by atoms with Crippen molar-refractivity contribution >= 4 is 11.8 Å². The normalized spacial score (nSPS) is 13.9. The first kappa shape index (κ1) is 33.3. The summed E-state index contributed by atoms with van der Waals surface area (Å²) in [7, 11) is 1.30. The number of carbonyl (C=O) groups excluding carboxylic acids is 2. The summed E-state index contributed by atoms with van der Waals surface area (Å²) in [6, 6.07) is 11.1. The summed E-state index contributed by atoms with van der Waals surface area (Å²) < 4.78 is 67.9. The van der Waals surface area contributed by atoms with Crippen LogP contribution in [0.1, 0.15) is 49.3 Å². The number of aliphatic hydroxyl groups excluding tert-OH is 1. The molecule has 9 nitrogen and oxygen atoms in total. The molecule has 2 atom stereocenters. The minimum Gasteiger partial charge on any atom is -0.493 e. The second kappa shape index (κ2) is 13.0. The highest BCUT2D eigenvalue weighted by molar-refractivity contribution is 5.95. The van der Waals surface area contributed by atoms with E-state index in [0.717, 1.165) is 18.2 Å². The Kier molecular flexibility index (Phi) is 10.0. The molecule has 0 radical (unpaired) electrons. The fraction of sp³-hybridized carbons (Fsp3) is 0.367. The summed E-state index contributed by atoms with van der Waals surface area (Å²) in [5, 5.41) is 25.4. The number of rotatable bonds is 11. The largest absolute Gasteiger partial charge is 0.493 e. The summed E-state index contributed by atoms with van der Waals surface area (Å²) in [6.07, 6.45) is -6.10. The zero-order chi connectivity index (χ0) is 32.2. The van der Waals surface area contributed by atoms with Crippen LogP contribution in [-0.4, -0.2) is 59.6 Å². The Morgan fingerprint density at radius 3 is 2.23 bits per heavy atom. The van der Waals surface area contributed by atoms with Gasteiger partial charge in [0, 0.05) is 18.1 Å². The number of amides is 2. The second-order valence-electron chi connectivity index (χ2n) is 10.5. The fourth-order valence-corrected chi connectivity index (χ4v) is 4.17. The number of benzene rings is 2. The van der Waals surface area contributed by atoms with Crippen molar-refractivity contribution in [2.45, 2.75) is 51.1 Å². The van der Waals surface area contributed by atoms with Gasteiger partial charge in [0.25, 0.3) is 5.91 Å². The van der Waals surface area contributed by atoms with Crippen LogP contribution in [0.15, 0.2) is 54.6 Å². The van der Waals surface area contributed by atoms with E-state index in [1.54, 1.807) is 13.8 Å². The van der Waals surface area contributed by atoms with Crippen molar-refractivity contribution in [1.29, 1.82) is 0 Å². The number of aromatic nitrogens is 1. The van der Waals surface area contributed by atoms with Gasteiger partial charge in [-0.3, -0.25) is 9.59 Å². The zero-order valence-corrected chi connectivity index (χ0v) is 24.2. The van der Waals surface area contributed by atoms with Gasteiger partial charge in [-0.1, -0.05) is 0 Å². The molecule has 0 bridgehead atoms. The molecule has 43 heavy (non-hydrogen) atoms. The van der Waals surface area contributed by atoms with Crippen LogP contribution in [-0.2, 0) is 15.9 Å². The van der Waals surface area contributed by atoms with Crippen LogP contribution >= 0.6 is 0 Å². The molecule has 0 fully saturated rings. The van der Waals surface area contributed by atoms with E-state index in [1.165, 1.54) is 57.4 Å². The number of nitrogens with one attached hydrogen (secondary N) is 2. The third kappa shape index (κ3) is 7.99. The number of alkyl halides is 3. The lowest BCUT2D eigenvalue weighted by Crippen LogP contribution is -2.52. The van der Waals surface area contributed by atoms with E-state index in [4.69, 9.17) is 9.47 Å². The summed E-state index contributed by atoms with van der Waals surface area (Å²) in [5.41, 5.74) is -5.44. The van der Waals surface area contributed by atoms with E-state index in [9.17, 15) is 37.4 Å². The molecular formula is C30H33F4N3O6. The lowest BCUT2D eigenvalue weighted by molar-refractivity contribution is -0.265. The number of methoxy groups -OCH3 is 1. The molecule has 0 spiro atoms. The number of aliphatic hydroxyl groups is 2. The van der Waals surface area contributed by atoms with Gasteiger partial charge in [-0.15, -0.1) is 0 Å². The molecule has 0 saturated heterocycles. The molecule has 1 aromatic heterocycles. The Morgan fingerprint density at radius 2 is 1.67 bits per heavy atom. The number of hydrogen-bond acceptors (Lipinski definition) is 7. The molecule has 3 rings (SSSR count). The van der Waals surface area contributed by atoms with E-state index in [-0.39, 0.29) is 40.5 Å². The summed E-state index contributed by atoms with van der Waals surface area (Å²) in [4.78, 5) is 28.8. The average Bonchev–Trinajstić information content (AvgIpc) is 2.93. The van der Waals surface area contributed by atoms with Gasteiger partial charge in [0.2, 0.25) is 11.5 Å². The first-order valence-corrected chi connectivity index (χ1v) is 13.1. The number of pyridine rings is 1. The maximum Gasteiger partial charge on any atom is 0.424 e. The predicted octanol–water partition coefficient (Wildman–Crippen LogP) is 4.21. The van der Waals surface area contributed by atoms with Crippen LogP contribution in [0.25, 0.3) is 11.3 Å². The van der Waals surface area contributed by atoms with Crippen LogP contribution in [0.4, 0.5) is 17.6 Å². The van der Waals surface area contributed by atoms with Gasteiger partial charge in [-0.25, -0.2) is 9.37 Å². The highest BCUT2D eigenvalue weighted by Gasteiger charge is 2.56. The molecule has 2 aromatic carbocycles. The molecular weight excluding hydrogens is 574 g/mol. The molecule has 232 valence electrons. The molecule has 1 heterocycles. The summed E-state index contributed by atoms with van der Waals surface area (Å²) >= 11 is 0. The van der Waals surface area contributed by atoms with Crippen molar-refractivity contribution in [3.8, 4) is 22.8 Å². The van der Waals surface area contributed by atoms with E-state index in [0.29, 0.717) is 0 Å². The van der Waals surface area contributed by atoms with Crippen LogP contribution in [0.5, 0.6) is 11.5 Å². The van der Waals surface area contributed by atoms with E-state index < -0.39 is 53.3 Å². The van der Waals surface area contributed by atoms with Gasteiger partial charge in [0.15, 0.2) is 11.5 Å². The Balaban J connectivity index is 2.04. The minimum atomic E-state index is -5.32. The van der Waals surface area contributed by atoms with Crippen molar-refractivity contribution in [1.82, 2.24) is 15.6 Å². The maximum absolute atomic E-state index is 14.6. The number of hydrogen-bond donors (Lipinski definition) is 4. The number of carbonyl (C=O) groups is 2. The molecule has 0 saturated carbocycles. The number of halogens is 4. The Hall–Kier alpha value is -4.23. The van der Waals surface area contributed by atoms with Crippen molar-refractivity contribution in [3.63, 3.8) is 0 Å². The fourth-order valence-electron chi connectivity index (χ4n) is 4.17. The van der Waals surface area contributed by atoms with Gasteiger partial charge in [0.05, 0.1) is 36.7 Å². The molecule has 13 heteroatoms. The average molecular weight is 608 g/mol. The van der Waals surface area contributed by atoms with Crippen molar-refractivity contribution in [2.75, 3.05) is 20.3 Å². The predicted molar refractivity (Wildman–Crippen MR) is 149 cm³/mol. The number of nitrogens with zero attached hydrogens (tertiary/aromatic N) is 1. The molecule has 0 aliphatic heterocycles. The van der Waals surface area contributed by atoms with Gasteiger partial charge >= 0.3 is 6.18 Å². The molecule has 3 aromatic rings. The molecule has 2 amide bonds. The third-order valence-electron chi connectivity index (χ3n) is 6.48. The van der Waals surface area contributed by atoms with Gasteiger partial charge in [-0.05, 0) is 80.9 Å². The van der Waals surface area contributed by atoms with Gasteiger partial charge in [0.1, 0.15) is 12.4 Å². The molecule has 0 aliphatic carbocycles. The molecule has 4 N–H and O–H groups in total. The minimum absolute atomic E-state index is 0.0301. The monoisotopic (exact) mass is 607 g/mol. The smallest absolute Gasteiger partial charge is 0.424 e. The third-order valence-corrected chi connectivity index (χ3v) is 6.48. The van der Waals surface area contributed by atoms with Crippen LogP contribution in [0, 0.1) is 5.82 Å². The first-order valence-electron chi connectivity index (χ1n) is 13.1. The molecule has 0 aliphatic rings. The van der Waals surface area contributed by atoms with Crippen molar-refractivity contribution in [3.05, 3.63) is 77.2 Å². The van der Waals surface area contributed by atoms with Crippen molar-refractivity contribution < 1.29 is 46.8 Å². The van der Waals surface area contributed by atoms with E-state index in [2.05, 4.69) is 15.6 Å². The standard InChI is InChI=1S/C30H33F4N3O6/c1-17(38)15-43-24-11-8-20(12-25(24)42-5)27(40)35-16-29(41,30(32,33)34)26-14-21(28(3,4)37-18(2)39)13-23(36-26)19-6-9-22(31)10-7-19/h6-14,17,38,41H,15-16H2,1-5H3,(H,35,40)(H,37,39)/t17-,29?/m1/s1. The lowest BCUT2D eigenvalue weighted by Gasteiger charge is -2.33. The Labute approximate surface area is 245 Å². The van der Waals surface area contributed by atoms with Crippen LogP contribution < -0.4 is 20.1 Å². The Bertz CT molecular complexity index is 1460. The highest BCUT2D eigenvalue weighted by atomic mass is 19.4. The maximum atomic E-state index is 14.6. The summed E-state index contributed by atoms with van der Waals surface area (Å²) in [6.45, 7) is 4.47. The van der Waals surface area contributed by atoms with Crippen molar-refractivity contribution in [2.24, 2.45) is 0 Å². The van der Waals surface area contributed by atoms with Gasteiger partial charge in [-0.2, -0.15) is 13.2 Å². The van der Waals surface area contributed by atoms with E-state index in [1.807, 2.05) is 0 Å². The Morgan fingerprint density at radius 1 is 1.02 bits per heavy atom.